The molecule has 1 saturated heterocycles. The van der Waals surface area contributed by atoms with Crippen molar-refractivity contribution in [1.29, 1.82) is 0 Å². The number of anilines is 1. The van der Waals surface area contributed by atoms with E-state index in [4.69, 9.17) is 12.2 Å². The van der Waals surface area contributed by atoms with Crippen molar-refractivity contribution < 1.29 is 4.79 Å². The highest BCUT2D eigenvalue weighted by Gasteiger charge is 2.41. The van der Waals surface area contributed by atoms with Gasteiger partial charge in [0.2, 0.25) is 5.91 Å². The fraction of sp³-hybridized carbons (Fsp3) is 0.261. The first kappa shape index (κ1) is 20.1. The molecule has 7 heteroatoms. The molecule has 2 atom stereocenters. The highest BCUT2D eigenvalue weighted by Crippen LogP contribution is 2.38. The first-order valence-electron chi connectivity index (χ1n) is 10.0. The number of benzene rings is 1. The molecular weight excluding hydrogens is 394 g/mol. The van der Waals surface area contributed by atoms with E-state index >= 15 is 0 Å². The Labute approximate surface area is 181 Å². The van der Waals surface area contributed by atoms with Crippen molar-refractivity contribution in [3.63, 3.8) is 0 Å². The lowest BCUT2D eigenvalue weighted by atomic mass is 9.99. The van der Waals surface area contributed by atoms with E-state index in [1.54, 1.807) is 6.20 Å². The molecule has 0 aliphatic carbocycles. The predicted octanol–water partition coefficient (Wildman–Crippen LogP) is 4.08. The van der Waals surface area contributed by atoms with Gasteiger partial charge >= 0.3 is 0 Å². The summed E-state index contributed by atoms with van der Waals surface area (Å²) in [6.45, 7) is 4.44. The quantitative estimate of drug-likeness (QED) is 0.590. The van der Waals surface area contributed by atoms with Gasteiger partial charge in [0.25, 0.3) is 0 Å². The van der Waals surface area contributed by atoms with E-state index in [1.165, 1.54) is 0 Å². The van der Waals surface area contributed by atoms with Crippen LogP contribution in [0.5, 0.6) is 0 Å². The Morgan fingerprint density at radius 2 is 1.93 bits per heavy atom. The smallest absolute Gasteiger partial charge is 0.244 e. The Balaban J connectivity index is 1.62. The van der Waals surface area contributed by atoms with Crippen LogP contribution in [-0.4, -0.2) is 32.0 Å². The lowest BCUT2D eigenvalue weighted by Gasteiger charge is -2.26. The second-order valence-electron chi connectivity index (χ2n) is 7.65. The Morgan fingerprint density at radius 3 is 2.60 bits per heavy atom. The summed E-state index contributed by atoms with van der Waals surface area (Å²) in [5.41, 5.74) is 2.76. The average molecular weight is 420 g/mol. The minimum atomic E-state index is -0.133. The fourth-order valence-corrected chi connectivity index (χ4v) is 4.05. The summed E-state index contributed by atoms with van der Waals surface area (Å²) in [6.07, 6.45) is 5.98. The number of amides is 1. The van der Waals surface area contributed by atoms with Crippen LogP contribution < -0.4 is 10.6 Å². The summed E-state index contributed by atoms with van der Waals surface area (Å²) >= 11 is 5.64. The van der Waals surface area contributed by atoms with E-state index in [0.717, 1.165) is 16.9 Å². The zero-order valence-electron chi connectivity index (χ0n) is 17.0. The molecular formula is C23H25N5OS. The maximum Gasteiger partial charge on any atom is 0.244 e. The van der Waals surface area contributed by atoms with Crippen molar-refractivity contribution in [2.45, 2.75) is 32.0 Å². The first-order chi connectivity index (χ1) is 14.5. The molecule has 30 heavy (non-hydrogen) atoms. The minimum Gasteiger partial charge on any atom is -0.352 e. The lowest BCUT2D eigenvalue weighted by Crippen LogP contribution is -2.37. The van der Waals surface area contributed by atoms with Crippen LogP contribution in [0.2, 0.25) is 0 Å². The Hall–Kier alpha value is -3.19. The third-order valence-corrected chi connectivity index (χ3v) is 5.60. The molecule has 0 bridgehead atoms. The zero-order chi connectivity index (χ0) is 21.1. The van der Waals surface area contributed by atoms with Crippen molar-refractivity contribution >= 4 is 28.9 Å². The molecule has 1 aliphatic heterocycles. The minimum absolute atomic E-state index is 0.111. The summed E-state index contributed by atoms with van der Waals surface area (Å²) in [7, 11) is 0. The van der Waals surface area contributed by atoms with Crippen LogP contribution in [0.1, 0.15) is 43.2 Å². The highest BCUT2D eigenvalue weighted by atomic mass is 32.1. The maximum absolute atomic E-state index is 12.8. The van der Waals surface area contributed by atoms with Crippen molar-refractivity contribution in [2.75, 3.05) is 11.9 Å². The number of rotatable bonds is 6. The van der Waals surface area contributed by atoms with E-state index in [9.17, 15) is 4.79 Å². The standard InChI is InChI=1S/C23H25N5OS/c1-16(2)27-13-11-17(14-27)22-21(19-10-6-7-12-24-19)26-23(30)28(22)15-20(29)25-18-8-4-3-5-9-18/h3-14,16,21-22H,15H2,1-2H3,(H,25,29)(H,26,30). The topological polar surface area (TPSA) is 62.2 Å². The van der Waals surface area contributed by atoms with Crippen LogP contribution in [0.4, 0.5) is 5.69 Å². The van der Waals surface area contributed by atoms with E-state index in [1.807, 2.05) is 53.4 Å². The third-order valence-electron chi connectivity index (χ3n) is 5.24. The average Bonchev–Trinajstić information content (AvgIpc) is 3.35. The van der Waals surface area contributed by atoms with Gasteiger partial charge in [-0.2, -0.15) is 0 Å². The van der Waals surface area contributed by atoms with E-state index < -0.39 is 0 Å². The second kappa shape index (κ2) is 8.67. The molecule has 4 rings (SSSR count). The van der Waals surface area contributed by atoms with Gasteiger partial charge in [0.1, 0.15) is 6.54 Å². The number of aromatic nitrogens is 2. The van der Waals surface area contributed by atoms with Gasteiger partial charge in [0.15, 0.2) is 5.11 Å². The largest absolute Gasteiger partial charge is 0.352 e. The van der Waals surface area contributed by atoms with Gasteiger partial charge in [-0.15, -0.1) is 0 Å². The lowest BCUT2D eigenvalue weighted by molar-refractivity contribution is -0.116. The number of carbonyl (C=O) groups excluding carboxylic acids is 1. The Kier molecular flexibility index (Phi) is 5.81. The summed E-state index contributed by atoms with van der Waals surface area (Å²) in [6, 6.07) is 17.5. The number of para-hydroxylation sites is 1. The van der Waals surface area contributed by atoms with Gasteiger partial charge in [-0.3, -0.25) is 9.78 Å². The van der Waals surface area contributed by atoms with Crippen LogP contribution in [-0.2, 0) is 4.79 Å². The Bertz CT molecular complexity index is 1020. The zero-order valence-corrected chi connectivity index (χ0v) is 17.8. The number of hydrogen-bond donors (Lipinski definition) is 2. The summed E-state index contributed by atoms with van der Waals surface area (Å²) in [4.78, 5) is 19.3. The fourth-order valence-electron chi connectivity index (χ4n) is 3.74. The maximum atomic E-state index is 12.8. The molecule has 154 valence electrons. The molecule has 1 fully saturated rings. The third kappa shape index (κ3) is 4.21. The number of nitrogens with zero attached hydrogens (tertiary/aromatic N) is 3. The summed E-state index contributed by atoms with van der Waals surface area (Å²) < 4.78 is 2.16. The molecule has 2 N–H and O–H groups in total. The molecule has 2 unspecified atom stereocenters. The summed E-state index contributed by atoms with van der Waals surface area (Å²) in [5, 5.41) is 6.88. The number of hydrogen-bond acceptors (Lipinski definition) is 3. The van der Waals surface area contributed by atoms with E-state index in [0.29, 0.717) is 11.2 Å². The second-order valence-corrected chi connectivity index (χ2v) is 8.04. The van der Waals surface area contributed by atoms with Crippen LogP contribution in [0.15, 0.2) is 73.2 Å². The van der Waals surface area contributed by atoms with E-state index in [-0.39, 0.29) is 24.5 Å². The molecule has 6 nitrogen and oxygen atoms in total. The van der Waals surface area contributed by atoms with Crippen molar-refractivity contribution in [3.05, 3.63) is 84.4 Å². The van der Waals surface area contributed by atoms with Gasteiger partial charge in [-0.1, -0.05) is 24.3 Å². The van der Waals surface area contributed by atoms with Crippen molar-refractivity contribution in [3.8, 4) is 0 Å². The number of thiocarbonyl (C=S) groups is 1. The summed E-state index contributed by atoms with van der Waals surface area (Å²) in [5.74, 6) is -0.111. The van der Waals surface area contributed by atoms with Crippen LogP contribution in [0, 0.1) is 0 Å². The number of pyridine rings is 1. The van der Waals surface area contributed by atoms with Crippen LogP contribution >= 0.6 is 12.2 Å². The van der Waals surface area contributed by atoms with Crippen LogP contribution in [0.25, 0.3) is 0 Å². The number of carbonyl (C=O) groups is 1. The van der Waals surface area contributed by atoms with Gasteiger partial charge in [-0.05, 0) is 62.0 Å². The molecule has 3 heterocycles. The highest BCUT2D eigenvalue weighted by molar-refractivity contribution is 7.80. The molecule has 0 saturated carbocycles. The predicted molar refractivity (Wildman–Crippen MR) is 122 cm³/mol. The van der Waals surface area contributed by atoms with Gasteiger partial charge in [-0.25, -0.2) is 0 Å². The Morgan fingerprint density at radius 1 is 1.17 bits per heavy atom. The normalized spacial score (nSPS) is 18.5. The van der Waals surface area contributed by atoms with E-state index in [2.05, 4.69) is 52.5 Å². The van der Waals surface area contributed by atoms with Crippen molar-refractivity contribution in [1.82, 2.24) is 19.8 Å². The molecule has 0 radical (unpaired) electrons. The van der Waals surface area contributed by atoms with Gasteiger partial charge in [0, 0.05) is 30.3 Å². The molecule has 2 aromatic heterocycles. The van der Waals surface area contributed by atoms with Crippen molar-refractivity contribution in [2.24, 2.45) is 0 Å². The molecule has 0 spiro atoms. The SMILES string of the molecule is CC(C)n1ccc(C2C(c3ccccn3)NC(=S)N2CC(=O)Nc2ccccc2)c1. The molecule has 1 aliphatic rings. The molecule has 3 aromatic rings. The first-order valence-corrected chi connectivity index (χ1v) is 10.4. The molecule has 1 amide bonds. The van der Waals surface area contributed by atoms with Crippen LogP contribution in [0.3, 0.4) is 0 Å². The monoisotopic (exact) mass is 419 g/mol. The van der Waals surface area contributed by atoms with Gasteiger partial charge < -0.3 is 20.1 Å². The number of nitrogens with one attached hydrogen (secondary N) is 2. The van der Waals surface area contributed by atoms with Gasteiger partial charge in [0.05, 0.1) is 17.8 Å². The molecule has 1 aromatic carbocycles.